The van der Waals surface area contributed by atoms with Crippen molar-refractivity contribution in [2.45, 2.75) is 30.8 Å². The van der Waals surface area contributed by atoms with Crippen LogP contribution >= 0.6 is 23.1 Å². The summed E-state index contributed by atoms with van der Waals surface area (Å²) in [6.45, 7) is 4.26. The molecule has 1 unspecified atom stereocenters. The molecule has 3 aromatic rings. The molecule has 0 N–H and O–H groups in total. The smallest absolute Gasteiger partial charge is 0.272 e. The number of carbonyl (C=O) groups is 1. The second kappa shape index (κ2) is 7.41. The first-order valence-corrected chi connectivity index (χ1v) is 9.64. The summed E-state index contributed by atoms with van der Waals surface area (Å²) in [6.07, 6.45) is 0. The number of hydrogen-bond acceptors (Lipinski definition) is 6. The number of nitrogens with zero attached hydrogens (tertiary/aromatic N) is 2. The van der Waals surface area contributed by atoms with E-state index in [-0.39, 0.29) is 16.6 Å². The minimum atomic E-state index is -0.353. The zero-order valence-electron chi connectivity index (χ0n) is 14.2. The largest absolute Gasteiger partial charge is 0.497 e. The first-order chi connectivity index (χ1) is 12.0. The van der Waals surface area contributed by atoms with Gasteiger partial charge in [0.05, 0.1) is 17.9 Å². The van der Waals surface area contributed by atoms with Crippen LogP contribution in [0, 0.1) is 0 Å². The fraction of sp³-hybridized carbons (Fsp3) is 0.278. The van der Waals surface area contributed by atoms with Crippen LogP contribution in [0.3, 0.4) is 0 Å². The number of methoxy groups -OCH3 is 1. The summed E-state index contributed by atoms with van der Waals surface area (Å²) in [7, 11) is 1.59. The standard InChI is InChI=1S/C18H18N2O3S2/c1-4-20-17(22)16-14(9-10-24-16)19-18(20)25-11(2)15(21)12-5-7-13(23-3)8-6-12/h5-11H,4H2,1-3H3. The molecular weight excluding hydrogens is 356 g/mol. The Labute approximate surface area is 153 Å². The molecule has 0 aliphatic heterocycles. The van der Waals surface area contributed by atoms with Gasteiger partial charge in [-0.3, -0.25) is 14.2 Å². The lowest BCUT2D eigenvalue weighted by Gasteiger charge is -2.14. The van der Waals surface area contributed by atoms with Crippen molar-refractivity contribution in [2.24, 2.45) is 0 Å². The molecule has 1 aromatic carbocycles. The minimum absolute atomic E-state index is 0.00466. The Morgan fingerprint density at radius 2 is 2.04 bits per heavy atom. The zero-order valence-corrected chi connectivity index (χ0v) is 15.8. The molecule has 0 fully saturated rings. The summed E-state index contributed by atoms with van der Waals surface area (Å²) < 4.78 is 7.40. The van der Waals surface area contributed by atoms with Gasteiger partial charge in [-0.05, 0) is 49.6 Å². The van der Waals surface area contributed by atoms with Crippen molar-refractivity contribution in [2.75, 3.05) is 7.11 Å². The molecule has 0 saturated carbocycles. The van der Waals surface area contributed by atoms with E-state index in [1.165, 1.54) is 23.1 Å². The van der Waals surface area contributed by atoms with E-state index in [2.05, 4.69) is 4.98 Å². The molecule has 0 spiro atoms. The number of thioether (sulfide) groups is 1. The average molecular weight is 374 g/mol. The van der Waals surface area contributed by atoms with E-state index in [9.17, 15) is 9.59 Å². The van der Waals surface area contributed by atoms with Gasteiger partial charge in [0.15, 0.2) is 10.9 Å². The van der Waals surface area contributed by atoms with Crippen molar-refractivity contribution in [3.05, 3.63) is 51.6 Å². The molecule has 0 bridgehead atoms. The van der Waals surface area contributed by atoms with Crippen molar-refractivity contribution in [3.63, 3.8) is 0 Å². The van der Waals surface area contributed by atoms with Gasteiger partial charge in [0, 0.05) is 12.1 Å². The highest BCUT2D eigenvalue weighted by atomic mass is 32.2. The lowest BCUT2D eigenvalue weighted by atomic mass is 10.1. The van der Waals surface area contributed by atoms with E-state index in [4.69, 9.17) is 4.74 Å². The molecule has 0 amide bonds. The van der Waals surface area contributed by atoms with E-state index >= 15 is 0 Å². The van der Waals surface area contributed by atoms with E-state index in [1.807, 2.05) is 25.3 Å². The number of thiophene rings is 1. The van der Waals surface area contributed by atoms with Crippen molar-refractivity contribution >= 4 is 39.1 Å². The number of fused-ring (bicyclic) bond motifs is 1. The van der Waals surface area contributed by atoms with Crippen LogP contribution in [0.1, 0.15) is 24.2 Å². The normalized spacial score (nSPS) is 12.3. The molecule has 3 rings (SSSR count). The Balaban J connectivity index is 1.89. The van der Waals surface area contributed by atoms with Crippen LogP contribution < -0.4 is 10.3 Å². The number of carbonyl (C=O) groups excluding carboxylic acids is 1. The van der Waals surface area contributed by atoms with Gasteiger partial charge in [0.2, 0.25) is 0 Å². The predicted molar refractivity (Wildman–Crippen MR) is 102 cm³/mol. The number of aromatic nitrogens is 2. The molecule has 2 heterocycles. The highest BCUT2D eigenvalue weighted by Gasteiger charge is 2.20. The van der Waals surface area contributed by atoms with Gasteiger partial charge >= 0.3 is 0 Å². The number of ether oxygens (including phenoxy) is 1. The third kappa shape index (κ3) is 3.48. The maximum absolute atomic E-state index is 12.7. The summed E-state index contributed by atoms with van der Waals surface area (Å²) in [5.41, 5.74) is 1.25. The molecule has 0 saturated heterocycles. The van der Waals surface area contributed by atoms with Gasteiger partial charge in [-0.25, -0.2) is 4.98 Å². The molecule has 1 atom stereocenters. The van der Waals surface area contributed by atoms with Crippen LogP contribution in [0.2, 0.25) is 0 Å². The van der Waals surface area contributed by atoms with Crippen molar-refractivity contribution in [1.82, 2.24) is 9.55 Å². The molecule has 130 valence electrons. The number of hydrogen-bond donors (Lipinski definition) is 0. The first kappa shape index (κ1) is 17.7. The highest BCUT2D eigenvalue weighted by molar-refractivity contribution is 8.00. The highest BCUT2D eigenvalue weighted by Crippen LogP contribution is 2.26. The molecule has 7 heteroatoms. The fourth-order valence-electron chi connectivity index (χ4n) is 2.49. The average Bonchev–Trinajstić information content (AvgIpc) is 3.10. The third-order valence-electron chi connectivity index (χ3n) is 3.87. The van der Waals surface area contributed by atoms with E-state index < -0.39 is 0 Å². The van der Waals surface area contributed by atoms with Crippen molar-refractivity contribution in [3.8, 4) is 5.75 Å². The summed E-state index contributed by atoms with van der Waals surface area (Å²) in [5.74, 6) is 0.705. The van der Waals surface area contributed by atoms with Gasteiger partial charge in [-0.15, -0.1) is 11.3 Å². The third-order valence-corrected chi connectivity index (χ3v) is 5.85. The zero-order chi connectivity index (χ0) is 18.0. The number of ketones is 1. The number of rotatable bonds is 6. The van der Waals surface area contributed by atoms with Gasteiger partial charge in [0.1, 0.15) is 10.4 Å². The molecule has 0 aliphatic carbocycles. The molecule has 2 aromatic heterocycles. The van der Waals surface area contributed by atoms with Crippen LogP contribution in [0.5, 0.6) is 5.75 Å². The summed E-state index contributed by atoms with van der Waals surface area (Å²) in [6, 6.07) is 8.87. The second-order valence-corrected chi connectivity index (χ2v) is 7.66. The molecular formula is C18H18N2O3S2. The van der Waals surface area contributed by atoms with Crippen LogP contribution in [-0.2, 0) is 6.54 Å². The van der Waals surface area contributed by atoms with Gasteiger partial charge < -0.3 is 4.74 Å². The summed E-state index contributed by atoms with van der Waals surface area (Å²) in [5, 5.41) is 2.08. The van der Waals surface area contributed by atoms with Gasteiger partial charge in [-0.1, -0.05) is 11.8 Å². The van der Waals surface area contributed by atoms with E-state index in [0.717, 1.165) is 0 Å². The van der Waals surface area contributed by atoms with E-state index in [0.29, 0.717) is 33.2 Å². The van der Waals surface area contributed by atoms with Crippen LogP contribution in [0.25, 0.3) is 10.2 Å². The Kier molecular flexibility index (Phi) is 5.24. The lowest BCUT2D eigenvalue weighted by Crippen LogP contribution is -2.23. The van der Waals surface area contributed by atoms with Crippen LogP contribution in [-0.4, -0.2) is 27.7 Å². The summed E-state index contributed by atoms with van der Waals surface area (Å²) >= 11 is 2.71. The molecule has 0 radical (unpaired) electrons. The Bertz CT molecular complexity index is 961. The molecule has 25 heavy (non-hydrogen) atoms. The Morgan fingerprint density at radius 1 is 1.32 bits per heavy atom. The quantitative estimate of drug-likeness (QED) is 0.373. The summed E-state index contributed by atoms with van der Waals surface area (Å²) in [4.78, 5) is 29.8. The van der Waals surface area contributed by atoms with E-state index in [1.54, 1.807) is 35.9 Å². The maximum atomic E-state index is 12.7. The topological polar surface area (TPSA) is 61.2 Å². The monoisotopic (exact) mass is 374 g/mol. The lowest BCUT2D eigenvalue weighted by molar-refractivity contribution is 0.0994. The number of benzene rings is 1. The maximum Gasteiger partial charge on any atom is 0.272 e. The SMILES string of the molecule is CCn1c(SC(C)C(=O)c2ccc(OC)cc2)nc2ccsc2c1=O. The molecule has 5 nitrogen and oxygen atoms in total. The predicted octanol–water partition coefficient (Wildman–Crippen LogP) is 3.85. The van der Waals surface area contributed by atoms with Gasteiger partial charge in [0.25, 0.3) is 5.56 Å². The van der Waals surface area contributed by atoms with Crippen molar-refractivity contribution in [1.29, 1.82) is 0 Å². The minimum Gasteiger partial charge on any atom is -0.497 e. The number of Topliss-reactive ketones (excluding diaryl/α,β-unsaturated/α-hetero) is 1. The Hall–Kier alpha value is -2.12. The van der Waals surface area contributed by atoms with Crippen molar-refractivity contribution < 1.29 is 9.53 Å². The van der Waals surface area contributed by atoms with Crippen LogP contribution in [0.4, 0.5) is 0 Å². The molecule has 0 aliphatic rings. The van der Waals surface area contributed by atoms with Crippen LogP contribution in [0.15, 0.2) is 45.7 Å². The Morgan fingerprint density at radius 3 is 2.68 bits per heavy atom. The second-order valence-electron chi connectivity index (χ2n) is 5.43. The first-order valence-electron chi connectivity index (χ1n) is 7.88. The fourth-order valence-corrected chi connectivity index (χ4v) is 4.32. The van der Waals surface area contributed by atoms with Gasteiger partial charge in [-0.2, -0.15) is 0 Å².